The third-order valence-electron chi connectivity index (χ3n) is 3.51. The molecular weight excluding hydrogens is 316 g/mol. The number of nitrogens with zero attached hydrogens (tertiary/aromatic N) is 6. The Balaban J connectivity index is 1.88. The van der Waals surface area contributed by atoms with Gasteiger partial charge in [-0.1, -0.05) is 0 Å². The highest BCUT2D eigenvalue weighted by Crippen LogP contribution is 2.12. The number of piperazine rings is 1. The minimum atomic E-state index is -0.462. The van der Waals surface area contributed by atoms with E-state index in [1.54, 1.807) is 14.3 Å². The van der Waals surface area contributed by atoms with Crippen LogP contribution in [0.5, 0.6) is 0 Å². The second-order valence-electron chi connectivity index (χ2n) is 7.03. The van der Waals surface area contributed by atoms with Crippen LogP contribution in [-0.2, 0) is 11.4 Å². The Morgan fingerprint density at radius 2 is 1.83 bits per heavy atom. The predicted octanol–water partition coefficient (Wildman–Crippen LogP) is 1.90. The van der Waals surface area contributed by atoms with Gasteiger partial charge in [0.15, 0.2) is 0 Å². The van der Waals surface area contributed by atoms with Crippen LogP contribution >= 0.6 is 12.2 Å². The van der Waals surface area contributed by atoms with Crippen molar-refractivity contribution in [2.24, 2.45) is 0 Å². The van der Waals surface area contributed by atoms with Gasteiger partial charge in [-0.2, -0.15) is 0 Å². The normalized spacial score (nSPS) is 16.9. The third-order valence-corrected chi connectivity index (χ3v) is 3.91. The Labute approximate surface area is 142 Å². The van der Waals surface area contributed by atoms with E-state index in [-0.39, 0.29) is 12.1 Å². The molecule has 0 saturated carbocycles. The van der Waals surface area contributed by atoms with Crippen molar-refractivity contribution in [3.8, 4) is 0 Å². The Bertz CT molecular complexity index is 595. The van der Waals surface area contributed by atoms with Gasteiger partial charge in [0.2, 0.25) is 4.77 Å². The van der Waals surface area contributed by atoms with Crippen molar-refractivity contribution in [2.75, 3.05) is 26.2 Å². The summed E-state index contributed by atoms with van der Waals surface area (Å²) in [4.78, 5) is 16.0. The first-order valence-corrected chi connectivity index (χ1v) is 8.31. The molecule has 130 valence electrons. The van der Waals surface area contributed by atoms with Gasteiger partial charge in [-0.05, 0) is 57.3 Å². The molecule has 1 fully saturated rings. The summed E-state index contributed by atoms with van der Waals surface area (Å²) in [5.74, 6) is 0. The zero-order chi connectivity index (χ0) is 17.2. The molecule has 1 amide bonds. The molecule has 0 aliphatic carbocycles. The molecule has 1 aliphatic rings. The van der Waals surface area contributed by atoms with Crippen molar-refractivity contribution in [1.82, 2.24) is 29.6 Å². The first-order valence-electron chi connectivity index (χ1n) is 7.90. The van der Waals surface area contributed by atoms with Gasteiger partial charge in [-0.3, -0.25) is 4.90 Å². The fraction of sp³-hybridized carbons (Fsp3) is 0.857. The van der Waals surface area contributed by atoms with Gasteiger partial charge in [-0.25, -0.2) is 14.2 Å². The molecule has 2 heterocycles. The molecule has 0 N–H and O–H groups in total. The van der Waals surface area contributed by atoms with Crippen molar-refractivity contribution < 1.29 is 9.53 Å². The van der Waals surface area contributed by atoms with Gasteiger partial charge in [-0.15, -0.1) is 0 Å². The van der Waals surface area contributed by atoms with Crippen LogP contribution in [0.2, 0.25) is 0 Å². The zero-order valence-electron chi connectivity index (χ0n) is 14.5. The van der Waals surface area contributed by atoms with Crippen molar-refractivity contribution >= 4 is 18.3 Å². The number of ether oxygens (including phenoxy) is 1. The Morgan fingerprint density at radius 1 is 1.22 bits per heavy atom. The Morgan fingerprint density at radius 3 is 2.30 bits per heavy atom. The van der Waals surface area contributed by atoms with E-state index in [0.29, 0.717) is 24.5 Å². The number of aromatic nitrogens is 4. The lowest BCUT2D eigenvalue weighted by Gasteiger charge is -2.35. The Hall–Kier alpha value is -1.48. The maximum absolute atomic E-state index is 12.0. The fourth-order valence-electron chi connectivity index (χ4n) is 2.29. The number of carbonyl (C=O) groups is 1. The quantitative estimate of drug-likeness (QED) is 0.782. The number of rotatable bonds is 3. The average Bonchev–Trinajstić information content (AvgIpc) is 2.79. The molecule has 0 radical (unpaired) electrons. The lowest BCUT2D eigenvalue weighted by Crippen LogP contribution is -2.50. The van der Waals surface area contributed by atoms with Crippen LogP contribution in [0, 0.1) is 4.77 Å². The van der Waals surface area contributed by atoms with Gasteiger partial charge in [0.25, 0.3) is 0 Å². The van der Waals surface area contributed by atoms with Crippen LogP contribution in [-0.4, -0.2) is 67.5 Å². The molecular formula is C14H26N6O2S. The summed E-state index contributed by atoms with van der Waals surface area (Å²) < 4.78 is 9.47. The van der Waals surface area contributed by atoms with E-state index in [9.17, 15) is 4.79 Å². The molecule has 0 atom stereocenters. The number of hydrogen-bond acceptors (Lipinski definition) is 6. The van der Waals surface area contributed by atoms with E-state index >= 15 is 0 Å². The highest BCUT2D eigenvalue weighted by atomic mass is 32.1. The summed E-state index contributed by atoms with van der Waals surface area (Å²) in [5.41, 5.74) is -0.462. The van der Waals surface area contributed by atoms with Crippen LogP contribution in [0.1, 0.15) is 40.7 Å². The second kappa shape index (κ2) is 6.96. The summed E-state index contributed by atoms with van der Waals surface area (Å²) in [7, 11) is 0. The summed E-state index contributed by atoms with van der Waals surface area (Å²) in [6.45, 7) is 13.1. The van der Waals surface area contributed by atoms with Crippen LogP contribution in [0.15, 0.2) is 0 Å². The lowest BCUT2D eigenvalue weighted by molar-refractivity contribution is 0.0113. The van der Waals surface area contributed by atoms with Gasteiger partial charge in [0.1, 0.15) is 5.60 Å². The second-order valence-corrected chi connectivity index (χ2v) is 7.39. The summed E-state index contributed by atoms with van der Waals surface area (Å²) >= 11 is 5.38. The minimum Gasteiger partial charge on any atom is -0.444 e. The summed E-state index contributed by atoms with van der Waals surface area (Å²) in [5, 5.41) is 8.19. The number of amides is 1. The molecule has 1 aliphatic heterocycles. The van der Waals surface area contributed by atoms with Crippen molar-refractivity contribution in [3.05, 3.63) is 4.77 Å². The Kier molecular flexibility index (Phi) is 5.41. The van der Waals surface area contributed by atoms with E-state index in [4.69, 9.17) is 17.0 Å². The molecule has 1 aromatic heterocycles. The van der Waals surface area contributed by atoms with E-state index in [2.05, 4.69) is 15.3 Å². The van der Waals surface area contributed by atoms with Gasteiger partial charge in [0, 0.05) is 26.2 Å². The van der Waals surface area contributed by atoms with E-state index < -0.39 is 5.60 Å². The summed E-state index contributed by atoms with van der Waals surface area (Å²) in [6, 6.07) is 0.195. The zero-order valence-corrected chi connectivity index (χ0v) is 15.3. The number of tetrazole rings is 1. The molecule has 9 heteroatoms. The molecule has 1 saturated heterocycles. The van der Waals surface area contributed by atoms with Gasteiger partial charge < -0.3 is 9.64 Å². The van der Waals surface area contributed by atoms with Crippen LogP contribution in [0.25, 0.3) is 0 Å². The first-order chi connectivity index (χ1) is 10.7. The SMILES string of the molecule is CC(C)n1nnn(CN2CCN(C(=O)OC(C)(C)C)CC2)c1=S. The third kappa shape index (κ3) is 4.74. The lowest BCUT2D eigenvalue weighted by atomic mass is 10.2. The van der Waals surface area contributed by atoms with Crippen molar-refractivity contribution in [2.45, 2.75) is 52.9 Å². The highest BCUT2D eigenvalue weighted by molar-refractivity contribution is 7.71. The molecule has 0 bridgehead atoms. The fourth-order valence-corrected chi connectivity index (χ4v) is 2.63. The van der Waals surface area contributed by atoms with Gasteiger partial charge >= 0.3 is 6.09 Å². The van der Waals surface area contributed by atoms with Crippen LogP contribution in [0.4, 0.5) is 4.79 Å². The molecule has 0 unspecified atom stereocenters. The minimum absolute atomic E-state index is 0.195. The number of carbonyl (C=O) groups excluding carboxylic acids is 1. The molecule has 23 heavy (non-hydrogen) atoms. The molecule has 2 rings (SSSR count). The van der Waals surface area contributed by atoms with Crippen molar-refractivity contribution in [1.29, 1.82) is 0 Å². The predicted molar refractivity (Wildman–Crippen MR) is 88.6 cm³/mol. The molecule has 1 aromatic rings. The average molecular weight is 342 g/mol. The monoisotopic (exact) mass is 342 g/mol. The van der Waals surface area contributed by atoms with E-state index in [0.717, 1.165) is 13.1 Å². The molecule has 8 nitrogen and oxygen atoms in total. The first kappa shape index (κ1) is 17.9. The summed E-state index contributed by atoms with van der Waals surface area (Å²) in [6.07, 6.45) is -0.250. The largest absolute Gasteiger partial charge is 0.444 e. The highest BCUT2D eigenvalue weighted by Gasteiger charge is 2.26. The van der Waals surface area contributed by atoms with E-state index in [1.807, 2.05) is 34.6 Å². The maximum Gasteiger partial charge on any atom is 0.410 e. The van der Waals surface area contributed by atoms with Crippen molar-refractivity contribution in [3.63, 3.8) is 0 Å². The maximum atomic E-state index is 12.0. The smallest absolute Gasteiger partial charge is 0.410 e. The van der Waals surface area contributed by atoms with Crippen LogP contribution in [0.3, 0.4) is 0 Å². The topological polar surface area (TPSA) is 68.4 Å². The number of hydrogen-bond donors (Lipinski definition) is 0. The van der Waals surface area contributed by atoms with Gasteiger partial charge in [0.05, 0.1) is 12.7 Å². The standard InChI is InChI=1S/C14H26N6O2S/c1-11(2)20-12(23)19(15-16-20)10-17-6-8-18(9-7-17)13(21)22-14(3,4)5/h11H,6-10H2,1-5H3. The molecule has 0 spiro atoms. The molecule has 0 aromatic carbocycles. The van der Waals surface area contributed by atoms with E-state index in [1.165, 1.54) is 0 Å². The van der Waals surface area contributed by atoms with Crippen LogP contribution < -0.4 is 0 Å².